The van der Waals surface area contributed by atoms with Crippen LogP contribution >= 0.6 is 0 Å². The lowest BCUT2D eigenvalue weighted by Gasteiger charge is -2.15. The molecule has 180 valence electrons. The standard InChI is InChI=1S/C25H36N4O4/c1-16(2)6-5-7-17(3)27-23(30)11-10-22-24(31)29(25(32)28-22)13-12-18-15-26-21-9-8-19(33-4)14-20(18)21/h8-9,14-17,22,26H,5-7,10-13H2,1-4H3,(H,27,30)(H,28,32)/t17-,22+/m0/s1. The van der Waals surface area contributed by atoms with Crippen LogP contribution in [0.2, 0.25) is 0 Å². The van der Waals surface area contributed by atoms with Gasteiger partial charge in [0.2, 0.25) is 5.91 Å². The van der Waals surface area contributed by atoms with Gasteiger partial charge in [-0.1, -0.05) is 26.7 Å². The summed E-state index contributed by atoms with van der Waals surface area (Å²) in [6, 6.07) is 4.83. The summed E-state index contributed by atoms with van der Waals surface area (Å²) in [6.07, 6.45) is 6.10. The molecule has 0 aliphatic carbocycles. The van der Waals surface area contributed by atoms with E-state index in [2.05, 4.69) is 29.5 Å². The zero-order chi connectivity index (χ0) is 24.0. The van der Waals surface area contributed by atoms with E-state index in [0.29, 0.717) is 18.8 Å². The summed E-state index contributed by atoms with van der Waals surface area (Å²) in [6.45, 7) is 6.67. The van der Waals surface area contributed by atoms with Crippen LogP contribution in [0.1, 0.15) is 58.4 Å². The first-order chi connectivity index (χ1) is 15.8. The van der Waals surface area contributed by atoms with Gasteiger partial charge in [-0.05, 0) is 55.9 Å². The third-order valence-electron chi connectivity index (χ3n) is 6.17. The summed E-state index contributed by atoms with van der Waals surface area (Å²) >= 11 is 0. The third kappa shape index (κ3) is 6.49. The van der Waals surface area contributed by atoms with Crippen LogP contribution < -0.4 is 15.4 Å². The van der Waals surface area contributed by atoms with Gasteiger partial charge in [0.15, 0.2) is 0 Å². The molecule has 0 radical (unpaired) electrons. The number of amides is 4. The number of hydrogen-bond acceptors (Lipinski definition) is 4. The molecule has 4 amide bonds. The normalized spacial score (nSPS) is 17.0. The SMILES string of the molecule is COc1ccc2[nH]cc(CCN3C(=O)N[C@H](CCC(=O)N[C@@H](C)CCCC(C)C)C3=O)c2c1. The highest BCUT2D eigenvalue weighted by Gasteiger charge is 2.37. The van der Waals surface area contributed by atoms with Crippen LogP contribution in [0.15, 0.2) is 24.4 Å². The molecular formula is C25H36N4O4. The van der Waals surface area contributed by atoms with E-state index in [9.17, 15) is 14.4 Å². The fourth-order valence-electron chi connectivity index (χ4n) is 4.23. The van der Waals surface area contributed by atoms with Gasteiger partial charge in [0.05, 0.1) is 7.11 Å². The van der Waals surface area contributed by atoms with Gasteiger partial charge in [-0.3, -0.25) is 14.5 Å². The van der Waals surface area contributed by atoms with Crippen LogP contribution in [0.5, 0.6) is 5.75 Å². The second-order valence-electron chi connectivity index (χ2n) is 9.30. The van der Waals surface area contributed by atoms with Crippen molar-refractivity contribution < 1.29 is 19.1 Å². The van der Waals surface area contributed by atoms with Crippen molar-refractivity contribution in [1.82, 2.24) is 20.5 Å². The van der Waals surface area contributed by atoms with Gasteiger partial charge < -0.3 is 20.4 Å². The molecule has 3 N–H and O–H groups in total. The van der Waals surface area contributed by atoms with Crippen molar-refractivity contribution in [2.75, 3.05) is 13.7 Å². The molecule has 33 heavy (non-hydrogen) atoms. The number of hydrogen-bond donors (Lipinski definition) is 3. The molecule has 1 aliphatic heterocycles. The molecule has 0 bridgehead atoms. The van der Waals surface area contributed by atoms with Gasteiger partial charge in [0, 0.05) is 36.1 Å². The summed E-state index contributed by atoms with van der Waals surface area (Å²) in [5.74, 6) is 1.06. The van der Waals surface area contributed by atoms with Crippen molar-refractivity contribution in [1.29, 1.82) is 0 Å². The zero-order valence-corrected chi connectivity index (χ0v) is 20.1. The number of imide groups is 1. The number of fused-ring (bicyclic) bond motifs is 1. The molecule has 1 aromatic heterocycles. The van der Waals surface area contributed by atoms with Crippen molar-refractivity contribution in [2.45, 2.75) is 71.4 Å². The van der Waals surface area contributed by atoms with Crippen LogP contribution in [0, 0.1) is 5.92 Å². The zero-order valence-electron chi connectivity index (χ0n) is 20.1. The first-order valence-electron chi connectivity index (χ1n) is 11.8. The number of carbonyl (C=O) groups excluding carboxylic acids is 3. The predicted molar refractivity (Wildman–Crippen MR) is 128 cm³/mol. The summed E-state index contributed by atoms with van der Waals surface area (Å²) in [7, 11) is 1.62. The van der Waals surface area contributed by atoms with E-state index in [1.807, 2.05) is 31.3 Å². The number of methoxy groups -OCH3 is 1. The third-order valence-corrected chi connectivity index (χ3v) is 6.17. The van der Waals surface area contributed by atoms with Crippen molar-refractivity contribution in [2.24, 2.45) is 5.92 Å². The highest BCUT2D eigenvalue weighted by Crippen LogP contribution is 2.24. The molecule has 1 aromatic carbocycles. The number of nitrogens with one attached hydrogen (secondary N) is 3. The number of aromatic nitrogens is 1. The minimum absolute atomic E-state index is 0.0831. The van der Waals surface area contributed by atoms with Crippen molar-refractivity contribution >= 4 is 28.7 Å². The van der Waals surface area contributed by atoms with Gasteiger partial charge in [-0.15, -0.1) is 0 Å². The Morgan fingerprint density at radius 2 is 2.00 bits per heavy atom. The van der Waals surface area contributed by atoms with Gasteiger partial charge >= 0.3 is 6.03 Å². The summed E-state index contributed by atoms with van der Waals surface area (Å²) in [5.41, 5.74) is 1.99. The number of benzene rings is 1. The monoisotopic (exact) mass is 456 g/mol. The molecular weight excluding hydrogens is 420 g/mol. The van der Waals surface area contributed by atoms with Crippen molar-refractivity contribution in [3.8, 4) is 5.75 Å². The Balaban J connectivity index is 1.47. The van der Waals surface area contributed by atoms with E-state index in [1.54, 1.807) is 7.11 Å². The maximum Gasteiger partial charge on any atom is 0.324 e. The van der Waals surface area contributed by atoms with E-state index in [0.717, 1.165) is 41.5 Å². The first-order valence-corrected chi connectivity index (χ1v) is 11.8. The summed E-state index contributed by atoms with van der Waals surface area (Å²) in [4.78, 5) is 41.9. The van der Waals surface area contributed by atoms with E-state index < -0.39 is 12.1 Å². The lowest BCUT2D eigenvalue weighted by molar-refractivity contribution is -0.127. The molecule has 8 nitrogen and oxygen atoms in total. The van der Waals surface area contributed by atoms with Gasteiger partial charge in [-0.2, -0.15) is 0 Å². The molecule has 3 rings (SSSR count). The average molecular weight is 457 g/mol. The maximum atomic E-state index is 12.8. The number of ether oxygens (including phenoxy) is 1. The molecule has 0 spiro atoms. The fourth-order valence-corrected chi connectivity index (χ4v) is 4.23. The van der Waals surface area contributed by atoms with E-state index in [1.165, 1.54) is 4.90 Å². The molecule has 2 atom stereocenters. The fraction of sp³-hybridized carbons (Fsp3) is 0.560. The minimum Gasteiger partial charge on any atom is -0.497 e. The lowest BCUT2D eigenvalue weighted by Crippen LogP contribution is -2.35. The molecule has 8 heteroatoms. The molecule has 1 saturated heterocycles. The largest absolute Gasteiger partial charge is 0.497 e. The lowest BCUT2D eigenvalue weighted by atomic mass is 10.0. The number of rotatable bonds is 12. The molecule has 2 aromatic rings. The van der Waals surface area contributed by atoms with Crippen molar-refractivity contribution in [3.05, 3.63) is 30.0 Å². The van der Waals surface area contributed by atoms with Crippen LogP contribution in [-0.2, 0) is 16.0 Å². The molecule has 1 fully saturated rings. The maximum absolute atomic E-state index is 12.8. The number of aromatic amines is 1. The number of H-pyrrole nitrogens is 1. The van der Waals surface area contributed by atoms with Gasteiger partial charge in [0.25, 0.3) is 5.91 Å². The van der Waals surface area contributed by atoms with Gasteiger partial charge in [-0.25, -0.2) is 4.79 Å². The van der Waals surface area contributed by atoms with E-state index in [4.69, 9.17) is 4.74 Å². The highest BCUT2D eigenvalue weighted by atomic mass is 16.5. The summed E-state index contributed by atoms with van der Waals surface area (Å²) in [5, 5.41) is 6.73. The smallest absolute Gasteiger partial charge is 0.324 e. The molecule has 0 unspecified atom stereocenters. The van der Waals surface area contributed by atoms with Crippen molar-refractivity contribution in [3.63, 3.8) is 0 Å². The predicted octanol–water partition coefficient (Wildman–Crippen LogP) is 3.75. The Morgan fingerprint density at radius 1 is 1.21 bits per heavy atom. The Bertz CT molecular complexity index is 984. The van der Waals surface area contributed by atoms with Crippen LogP contribution in [0.3, 0.4) is 0 Å². The Hall–Kier alpha value is -3.03. The minimum atomic E-state index is -0.650. The Labute approximate surface area is 195 Å². The number of carbonyl (C=O) groups is 3. The number of urea groups is 1. The molecule has 0 saturated carbocycles. The van der Waals surface area contributed by atoms with Crippen LogP contribution in [-0.4, -0.2) is 53.5 Å². The molecule has 2 heterocycles. The van der Waals surface area contributed by atoms with Crippen LogP contribution in [0.4, 0.5) is 4.79 Å². The average Bonchev–Trinajstić information content (AvgIpc) is 3.29. The topological polar surface area (TPSA) is 104 Å². The molecule has 1 aliphatic rings. The Kier molecular flexibility index (Phi) is 8.36. The first kappa shape index (κ1) is 24.6. The van der Waals surface area contributed by atoms with Crippen LogP contribution in [0.25, 0.3) is 10.9 Å². The second-order valence-corrected chi connectivity index (χ2v) is 9.30. The number of nitrogens with zero attached hydrogens (tertiary/aromatic N) is 1. The second kappa shape index (κ2) is 11.2. The van der Waals surface area contributed by atoms with Gasteiger partial charge in [0.1, 0.15) is 11.8 Å². The van der Waals surface area contributed by atoms with E-state index in [-0.39, 0.29) is 30.8 Å². The Morgan fingerprint density at radius 3 is 2.73 bits per heavy atom. The quantitative estimate of drug-likeness (QED) is 0.423. The summed E-state index contributed by atoms with van der Waals surface area (Å²) < 4.78 is 5.30. The van der Waals surface area contributed by atoms with E-state index >= 15 is 0 Å². The highest BCUT2D eigenvalue weighted by molar-refractivity contribution is 6.04.